The van der Waals surface area contributed by atoms with Crippen LogP contribution in [0.3, 0.4) is 0 Å². The van der Waals surface area contributed by atoms with E-state index in [0.717, 1.165) is 30.3 Å². The summed E-state index contributed by atoms with van der Waals surface area (Å²) in [7, 11) is 0. The maximum atomic E-state index is 14.3. The number of benzene rings is 3. The highest BCUT2D eigenvalue weighted by molar-refractivity contribution is 6.04. The molecule has 0 fully saturated rings. The Morgan fingerprint density at radius 2 is 1.48 bits per heavy atom. The predicted molar refractivity (Wildman–Crippen MR) is 95.4 cm³/mol. The maximum Gasteiger partial charge on any atom is 0.418 e. The van der Waals surface area contributed by atoms with Gasteiger partial charge in [-0.15, -0.1) is 0 Å². The van der Waals surface area contributed by atoms with E-state index in [-0.39, 0.29) is 16.9 Å². The molecule has 0 bridgehead atoms. The molecule has 0 aliphatic carbocycles. The minimum absolute atomic E-state index is 0.0311. The van der Waals surface area contributed by atoms with Gasteiger partial charge in [-0.25, -0.2) is 13.2 Å². The van der Waals surface area contributed by atoms with Gasteiger partial charge in [0.15, 0.2) is 0 Å². The van der Waals surface area contributed by atoms with Crippen molar-refractivity contribution < 1.29 is 31.1 Å². The average Bonchev–Trinajstić information content (AvgIpc) is 2.64. The SMILES string of the molecule is O=C(Nc1ccc(Nc2ccc(F)cc2C(F)(F)F)c(F)c1)c1ccccc1F. The second-order valence-electron chi connectivity index (χ2n) is 5.94. The van der Waals surface area contributed by atoms with E-state index < -0.39 is 40.8 Å². The number of carbonyl (C=O) groups is 1. The number of rotatable bonds is 4. The summed E-state index contributed by atoms with van der Waals surface area (Å²) in [4.78, 5) is 12.1. The Kier molecular flexibility index (Phi) is 5.49. The van der Waals surface area contributed by atoms with Gasteiger partial charge in [0.25, 0.3) is 5.91 Å². The summed E-state index contributed by atoms with van der Waals surface area (Å²) in [5, 5.41) is 4.56. The number of anilines is 3. The molecule has 3 aromatic carbocycles. The van der Waals surface area contributed by atoms with Crippen molar-refractivity contribution in [2.45, 2.75) is 6.18 Å². The molecule has 0 aliphatic rings. The molecule has 3 rings (SSSR count). The van der Waals surface area contributed by atoms with Gasteiger partial charge in [0.05, 0.1) is 22.5 Å². The fraction of sp³-hybridized carbons (Fsp3) is 0.0500. The van der Waals surface area contributed by atoms with E-state index in [0.29, 0.717) is 6.07 Å². The lowest BCUT2D eigenvalue weighted by Crippen LogP contribution is -2.14. The zero-order valence-corrected chi connectivity index (χ0v) is 14.4. The van der Waals surface area contributed by atoms with E-state index in [4.69, 9.17) is 0 Å². The summed E-state index contributed by atoms with van der Waals surface area (Å²) in [5.41, 5.74) is -2.45. The normalized spacial score (nSPS) is 11.2. The molecule has 0 saturated heterocycles. The Morgan fingerprint density at radius 1 is 0.793 bits per heavy atom. The van der Waals surface area contributed by atoms with Crippen molar-refractivity contribution in [1.29, 1.82) is 0 Å². The third-order valence-electron chi connectivity index (χ3n) is 3.90. The van der Waals surface area contributed by atoms with Crippen molar-refractivity contribution in [2.24, 2.45) is 0 Å². The quantitative estimate of drug-likeness (QED) is 0.509. The predicted octanol–water partition coefficient (Wildman–Crippen LogP) is 6.12. The zero-order valence-electron chi connectivity index (χ0n) is 14.4. The van der Waals surface area contributed by atoms with Crippen LogP contribution in [0.25, 0.3) is 0 Å². The molecule has 0 unspecified atom stereocenters. The van der Waals surface area contributed by atoms with Crippen LogP contribution in [-0.2, 0) is 6.18 Å². The van der Waals surface area contributed by atoms with Crippen molar-refractivity contribution in [1.82, 2.24) is 0 Å². The summed E-state index contributed by atoms with van der Waals surface area (Å²) >= 11 is 0. The first kappa shape index (κ1) is 20.2. The Hall–Kier alpha value is -3.49. The number of alkyl halides is 3. The first-order chi connectivity index (χ1) is 13.6. The molecule has 29 heavy (non-hydrogen) atoms. The van der Waals surface area contributed by atoms with E-state index in [2.05, 4.69) is 10.6 Å². The fourth-order valence-corrected chi connectivity index (χ4v) is 2.54. The topological polar surface area (TPSA) is 41.1 Å². The second-order valence-corrected chi connectivity index (χ2v) is 5.94. The molecule has 3 aromatic rings. The molecule has 3 nitrogen and oxygen atoms in total. The van der Waals surface area contributed by atoms with Crippen molar-refractivity contribution in [2.75, 3.05) is 10.6 Å². The molecule has 0 saturated carbocycles. The largest absolute Gasteiger partial charge is 0.418 e. The minimum Gasteiger partial charge on any atom is -0.353 e. The van der Waals surface area contributed by atoms with Gasteiger partial charge in [0.1, 0.15) is 17.5 Å². The molecular weight excluding hydrogens is 398 g/mol. The van der Waals surface area contributed by atoms with Crippen molar-refractivity contribution >= 4 is 23.0 Å². The van der Waals surface area contributed by atoms with Gasteiger partial charge in [-0.3, -0.25) is 4.79 Å². The van der Waals surface area contributed by atoms with E-state index in [1.54, 1.807) is 0 Å². The number of amides is 1. The Labute approximate surface area is 161 Å². The van der Waals surface area contributed by atoms with Crippen LogP contribution in [0.4, 0.5) is 43.4 Å². The van der Waals surface area contributed by atoms with Gasteiger partial charge in [-0.2, -0.15) is 13.2 Å². The third kappa shape index (κ3) is 4.68. The van der Waals surface area contributed by atoms with Crippen molar-refractivity contribution in [3.05, 3.63) is 89.2 Å². The Bertz CT molecular complexity index is 1070. The number of carbonyl (C=O) groups excluding carboxylic acids is 1. The van der Waals surface area contributed by atoms with Gasteiger partial charge in [0, 0.05) is 5.69 Å². The number of hydrogen-bond donors (Lipinski definition) is 2. The number of halogens is 6. The van der Waals surface area contributed by atoms with Gasteiger partial charge in [-0.1, -0.05) is 12.1 Å². The highest BCUT2D eigenvalue weighted by Crippen LogP contribution is 2.37. The maximum absolute atomic E-state index is 14.3. The second kappa shape index (κ2) is 7.86. The number of hydrogen-bond acceptors (Lipinski definition) is 2. The molecule has 150 valence electrons. The highest BCUT2D eigenvalue weighted by atomic mass is 19.4. The zero-order chi connectivity index (χ0) is 21.2. The van der Waals surface area contributed by atoms with E-state index in [9.17, 15) is 31.1 Å². The summed E-state index contributed by atoms with van der Waals surface area (Å²) in [6, 6.07) is 10.3. The fourth-order valence-electron chi connectivity index (χ4n) is 2.54. The van der Waals surface area contributed by atoms with E-state index in [1.165, 1.54) is 24.3 Å². The lowest BCUT2D eigenvalue weighted by atomic mass is 10.1. The van der Waals surface area contributed by atoms with Crippen LogP contribution in [0.1, 0.15) is 15.9 Å². The van der Waals surface area contributed by atoms with Crippen LogP contribution in [-0.4, -0.2) is 5.91 Å². The first-order valence-corrected chi connectivity index (χ1v) is 8.14. The molecule has 2 N–H and O–H groups in total. The minimum atomic E-state index is -4.85. The molecule has 0 aliphatic heterocycles. The van der Waals surface area contributed by atoms with Crippen LogP contribution in [0.2, 0.25) is 0 Å². The van der Waals surface area contributed by atoms with E-state index in [1.807, 2.05) is 0 Å². The Balaban J connectivity index is 1.83. The molecule has 0 heterocycles. The summed E-state index contributed by atoms with van der Waals surface area (Å²) in [6.07, 6.45) is -4.85. The molecule has 0 spiro atoms. The van der Waals surface area contributed by atoms with Crippen LogP contribution in [0.5, 0.6) is 0 Å². The summed E-state index contributed by atoms with van der Waals surface area (Å²) in [6.45, 7) is 0. The van der Waals surface area contributed by atoms with Crippen LogP contribution < -0.4 is 10.6 Å². The molecular formula is C20H12F6N2O. The molecule has 0 radical (unpaired) electrons. The lowest BCUT2D eigenvalue weighted by molar-refractivity contribution is -0.137. The molecule has 0 aromatic heterocycles. The average molecular weight is 410 g/mol. The van der Waals surface area contributed by atoms with Gasteiger partial charge >= 0.3 is 6.18 Å². The summed E-state index contributed by atoms with van der Waals surface area (Å²) < 4.78 is 80.3. The van der Waals surface area contributed by atoms with Gasteiger partial charge in [0.2, 0.25) is 0 Å². The van der Waals surface area contributed by atoms with Crippen LogP contribution in [0.15, 0.2) is 60.7 Å². The van der Waals surface area contributed by atoms with E-state index >= 15 is 0 Å². The van der Waals surface area contributed by atoms with Gasteiger partial charge < -0.3 is 10.6 Å². The first-order valence-electron chi connectivity index (χ1n) is 8.14. The van der Waals surface area contributed by atoms with Crippen molar-refractivity contribution in [3.8, 4) is 0 Å². The van der Waals surface area contributed by atoms with Crippen LogP contribution >= 0.6 is 0 Å². The lowest BCUT2D eigenvalue weighted by Gasteiger charge is -2.15. The third-order valence-corrected chi connectivity index (χ3v) is 3.90. The molecule has 1 amide bonds. The van der Waals surface area contributed by atoms with Gasteiger partial charge in [-0.05, 0) is 48.5 Å². The monoisotopic (exact) mass is 410 g/mol. The number of nitrogens with one attached hydrogen (secondary N) is 2. The smallest absolute Gasteiger partial charge is 0.353 e. The standard InChI is InChI=1S/C20H12F6N2O/c21-11-5-7-17(14(9-11)20(24,25)26)28-18-8-6-12(10-16(18)23)27-19(29)13-3-1-2-4-15(13)22/h1-10,28H,(H,27,29). The highest BCUT2D eigenvalue weighted by Gasteiger charge is 2.34. The molecule has 9 heteroatoms. The van der Waals surface area contributed by atoms with Crippen LogP contribution in [0, 0.1) is 17.5 Å². The molecule has 0 atom stereocenters. The van der Waals surface area contributed by atoms with Crippen molar-refractivity contribution in [3.63, 3.8) is 0 Å². The summed E-state index contributed by atoms with van der Waals surface area (Å²) in [5.74, 6) is -3.65. The Morgan fingerprint density at radius 3 is 2.14 bits per heavy atom.